The van der Waals surface area contributed by atoms with E-state index in [4.69, 9.17) is 20.4 Å². The molecule has 2 aromatic carbocycles. The maximum absolute atomic E-state index is 12.7. The molecule has 0 unspecified atom stereocenters. The van der Waals surface area contributed by atoms with Gasteiger partial charge in [-0.3, -0.25) is 4.79 Å². The second-order valence-corrected chi connectivity index (χ2v) is 10.7. The number of aryl methyl sites for hydroxylation is 2. The number of methoxy groups -OCH3 is 1. The Hall–Kier alpha value is -3.39. The van der Waals surface area contributed by atoms with Crippen LogP contribution >= 0.6 is 0 Å². The molecule has 0 spiro atoms. The molecule has 0 saturated heterocycles. The Morgan fingerprint density at radius 1 is 1.16 bits per heavy atom. The van der Waals surface area contributed by atoms with E-state index >= 15 is 0 Å². The molecule has 8 nitrogen and oxygen atoms in total. The summed E-state index contributed by atoms with van der Waals surface area (Å²) in [6, 6.07) is 8.21. The van der Waals surface area contributed by atoms with Crippen LogP contribution in [0.5, 0.6) is 5.75 Å². The highest BCUT2D eigenvalue weighted by molar-refractivity contribution is 5.91. The van der Waals surface area contributed by atoms with Gasteiger partial charge in [0.15, 0.2) is 0 Å². The number of ether oxygens (including phenoxy) is 1. The number of benzene rings is 2. The van der Waals surface area contributed by atoms with Gasteiger partial charge in [-0.05, 0) is 99.7 Å². The van der Waals surface area contributed by atoms with Crippen molar-refractivity contribution >= 4 is 28.3 Å². The van der Waals surface area contributed by atoms with E-state index in [-0.39, 0.29) is 30.4 Å². The number of nitrogens with one attached hydrogen (secondary N) is 1. The number of aliphatic hydroxyl groups excluding tert-OH is 1. The molecule has 1 atom stereocenters. The number of hydrogen-bond donors (Lipinski definition) is 3. The Kier molecular flexibility index (Phi) is 8.41. The summed E-state index contributed by atoms with van der Waals surface area (Å²) in [5, 5.41) is 13.8. The van der Waals surface area contributed by atoms with E-state index in [2.05, 4.69) is 32.2 Å². The first kappa shape index (κ1) is 27.6. The van der Waals surface area contributed by atoms with Crippen LogP contribution in [0.3, 0.4) is 0 Å². The lowest BCUT2D eigenvalue weighted by molar-refractivity contribution is -0.135. The van der Waals surface area contributed by atoms with Crippen molar-refractivity contribution in [2.24, 2.45) is 5.92 Å². The quantitative estimate of drug-likeness (QED) is 0.357. The van der Waals surface area contributed by atoms with Crippen LogP contribution in [0.25, 0.3) is 10.9 Å². The van der Waals surface area contributed by atoms with Gasteiger partial charge in [-0.25, -0.2) is 9.97 Å². The van der Waals surface area contributed by atoms with Crippen molar-refractivity contribution in [3.05, 3.63) is 52.3 Å². The molecule has 4 N–H and O–H groups in total. The zero-order valence-corrected chi connectivity index (χ0v) is 23.5. The third kappa shape index (κ3) is 5.70. The minimum atomic E-state index is -0.0146. The molecule has 38 heavy (non-hydrogen) atoms. The van der Waals surface area contributed by atoms with Crippen LogP contribution < -0.4 is 15.8 Å². The normalized spacial score (nSPS) is 18.3. The first-order valence-corrected chi connectivity index (χ1v) is 13.5. The van der Waals surface area contributed by atoms with Crippen molar-refractivity contribution < 1.29 is 14.6 Å². The van der Waals surface area contributed by atoms with E-state index in [1.165, 1.54) is 11.1 Å². The number of nitrogens with two attached hydrogens (primary N) is 1. The van der Waals surface area contributed by atoms with Crippen molar-refractivity contribution in [2.45, 2.75) is 65.3 Å². The Morgan fingerprint density at radius 2 is 1.87 bits per heavy atom. The molecule has 1 aliphatic carbocycles. The number of nitrogens with zero attached hydrogens (tertiary/aromatic N) is 3. The summed E-state index contributed by atoms with van der Waals surface area (Å²) in [5.41, 5.74) is 12.4. The molecule has 0 aliphatic heterocycles. The lowest BCUT2D eigenvalue weighted by atomic mass is 9.77. The second kappa shape index (κ2) is 11.6. The number of likely N-dealkylation sites (N-methyl/N-ethyl adjacent to an activating group) is 1. The number of nitrogen functional groups attached to an aromatic ring is 1. The van der Waals surface area contributed by atoms with Crippen LogP contribution in [0, 0.1) is 26.7 Å². The molecular formula is C30H41N5O3. The Labute approximate surface area is 225 Å². The summed E-state index contributed by atoms with van der Waals surface area (Å²) in [6.45, 7) is 8.59. The first-order chi connectivity index (χ1) is 18.1. The Bertz CT molecular complexity index is 1320. The van der Waals surface area contributed by atoms with Gasteiger partial charge in [0.2, 0.25) is 5.91 Å². The smallest absolute Gasteiger partial charge is 0.225 e. The van der Waals surface area contributed by atoms with E-state index < -0.39 is 0 Å². The molecule has 204 valence electrons. The summed E-state index contributed by atoms with van der Waals surface area (Å²) in [6.07, 6.45) is 3.44. The van der Waals surface area contributed by atoms with Crippen molar-refractivity contribution in [3.63, 3.8) is 0 Å². The molecule has 0 radical (unpaired) electrons. The maximum atomic E-state index is 12.7. The number of amides is 1. The van der Waals surface area contributed by atoms with Crippen molar-refractivity contribution in [1.82, 2.24) is 14.9 Å². The van der Waals surface area contributed by atoms with Gasteiger partial charge in [0.1, 0.15) is 17.4 Å². The average molecular weight is 520 g/mol. The van der Waals surface area contributed by atoms with Crippen molar-refractivity contribution in [2.75, 3.05) is 38.4 Å². The van der Waals surface area contributed by atoms with Crippen LogP contribution in [-0.4, -0.2) is 53.2 Å². The highest BCUT2D eigenvalue weighted by Gasteiger charge is 2.30. The maximum Gasteiger partial charge on any atom is 0.225 e. The van der Waals surface area contributed by atoms with Gasteiger partial charge in [0, 0.05) is 36.7 Å². The summed E-state index contributed by atoms with van der Waals surface area (Å²) >= 11 is 0. The molecule has 1 aliphatic rings. The number of fused-ring (bicyclic) bond motifs is 1. The number of aliphatic hydroxyl groups is 1. The number of hydrogen-bond acceptors (Lipinski definition) is 7. The summed E-state index contributed by atoms with van der Waals surface area (Å²) in [4.78, 5) is 23.9. The molecule has 1 heterocycles. The largest absolute Gasteiger partial charge is 0.496 e. The number of aromatic nitrogens is 2. The van der Waals surface area contributed by atoms with E-state index in [0.717, 1.165) is 65.0 Å². The van der Waals surface area contributed by atoms with Gasteiger partial charge in [-0.15, -0.1) is 0 Å². The monoisotopic (exact) mass is 519 g/mol. The minimum absolute atomic E-state index is 0.00221. The van der Waals surface area contributed by atoms with Crippen molar-refractivity contribution in [1.29, 1.82) is 0 Å². The minimum Gasteiger partial charge on any atom is -0.496 e. The highest BCUT2D eigenvalue weighted by atomic mass is 16.5. The fourth-order valence-corrected chi connectivity index (χ4v) is 5.77. The SMILES string of the molecule is COc1cc2nc(C)nc(N[C@H](C)c3cc(N)cc(C)c3C)c2cc1C1CCC(C(=O)N(C)CCO)CC1. The summed E-state index contributed by atoms with van der Waals surface area (Å²) < 4.78 is 5.83. The van der Waals surface area contributed by atoms with E-state index in [1.54, 1.807) is 19.1 Å². The van der Waals surface area contributed by atoms with Crippen LogP contribution in [0.2, 0.25) is 0 Å². The van der Waals surface area contributed by atoms with Gasteiger partial charge in [0.05, 0.1) is 25.3 Å². The second-order valence-electron chi connectivity index (χ2n) is 10.7. The molecule has 4 rings (SSSR count). The fourth-order valence-electron chi connectivity index (χ4n) is 5.77. The number of carbonyl (C=O) groups excluding carboxylic acids is 1. The molecule has 3 aromatic rings. The lowest BCUT2D eigenvalue weighted by Gasteiger charge is -2.31. The number of anilines is 2. The highest BCUT2D eigenvalue weighted by Crippen LogP contribution is 2.42. The van der Waals surface area contributed by atoms with Crippen LogP contribution in [0.15, 0.2) is 24.3 Å². The Morgan fingerprint density at radius 3 is 2.53 bits per heavy atom. The zero-order valence-electron chi connectivity index (χ0n) is 23.5. The third-order valence-electron chi connectivity index (χ3n) is 8.04. The molecule has 8 heteroatoms. The van der Waals surface area contributed by atoms with Crippen LogP contribution in [-0.2, 0) is 4.79 Å². The zero-order chi connectivity index (χ0) is 27.6. The first-order valence-electron chi connectivity index (χ1n) is 13.5. The Balaban J connectivity index is 1.64. The molecular weight excluding hydrogens is 478 g/mol. The lowest BCUT2D eigenvalue weighted by Crippen LogP contribution is -2.36. The standard InChI is InChI=1S/C30H41N5O3/c1-17-13-23(31)14-24(18(17)2)19(3)32-29-26-15-25(28(38-6)16-27(26)33-20(4)34-29)21-7-9-22(10-8-21)30(37)35(5)11-12-36/h13-16,19,21-22,36H,7-12,31H2,1-6H3,(H,32,33,34)/t19-,21?,22?/m1/s1. The molecule has 1 aromatic heterocycles. The van der Waals surface area contributed by atoms with E-state index in [9.17, 15) is 9.90 Å². The molecule has 1 amide bonds. The van der Waals surface area contributed by atoms with Crippen LogP contribution in [0.1, 0.15) is 72.6 Å². The summed E-state index contributed by atoms with van der Waals surface area (Å²) in [5.74, 6) is 2.71. The van der Waals surface area contributed by atoms with Gasteiger partial charge >= 0.3 is 0 Å². The molecule has 1 saturated carbocycles. The number of carbonyl (C=O) groups is 1. The van der Waals surface area contributed by atoms with E-state index in [1.807, 2.05) is 25.1 Å². The van der Waals surface area contributed by atoms with Gasteiger partial charge in [0.25, 0.3) is 0 Å². The predicted octanol–water partition coefficient (Wildman–Crippen LogP) is 5.04. The van der Waals surface area contributed by atoms with Gasteiger partial charge < -0.3 is 25.8 Å². The van der Waals surface area contributed by atoms with Crippen LogP contribution in [0.4, 0.5) is 11.5 Å². The van der Waals surface area contributed by atoms with Gasteiger partial charge in [-0.2, -0.15) is 0 Å². The fraction of sp³-hybridized carbons (Fsp3) is 0.500. The van der Waals surface area contributed by atoms with E-state index in [0.29, 0.717) is 12.4 Å². The topological polar surface area (TPSA) is 114 Å². The average Bonchev–Trinajstić information content (AvgIpc) is 2.89. The summed E-state index contributed by atoms with van der Waals surface area (Å²) in [7, 11) is 3.46. The molecule has 1 fully saturated rings. The third-order valence-corrected chi connectivity index (χ3v) is 8.04. The van der Waals surface area contributed by atoms with Gasteiger partial charge in [-0.1, -0.05) is 0 Å². The molecule has 0 bridgehead atoms. The van der Waals surface area contributed by atoms with Crippen molar-refractivity contribution in [3.8, 4) is 5.75 Å². The number of rotatable bonds is 8. The predicted molar refractivity (Wildman–Crippen MR) is 153 cm³/mol.